The van der Waals surface area contributed by atoms with Crippen LogP contribution in [0.4, 0.5) is 0 Å². The average molecular weight is 421 g/mol. The molecule has 3 rings (SSSR count). The van der Waals surface area contributed by atoms with Crippen LogP contribution in [0.2, 0.25) is 0 Å². The van der Waals surface area contributed by atoms with Crippen molar-refractivity contribution >= 4 is 11.8 Å². The predicted octanol–water partition coefficient (Wildman–Crippen LogP) is 4.84. The first-order valence-corrected chi connectivity index (χ1v) is 11.7. The molecule has 0 radical (unpaired) electrons. The van der Waals surface area contributed by atoms with E-state index >= 15 is 0 Å². The third kappa shape index (κ3) is 7.23. The minimum atomic E-state index is -0.462. The molecule has 166 valence electrons. The molecule has 4 nitrogen and oxygen atoms in total. The highest BCUT2D eigenvalue weighted by molar-refractivity contribution is 5.87. The van der Waals surface area contributed by atoms with Gasteiger partial charge in [0.1, 0.15) is 6.04 Å². The number of hydrogen-bond donors (Lipinski definition) is 1. The van der Waals surface area contributed by atoms with Crippen LogP contribution in [0.5, 0.6) is 0 Å². The first-order valence-electron chi connectivity index (χ1n) is 11.7. The minimum absolute atomic E-state index is 0.0244. The van der Waals surface area contributed by atoms with Crippen LogP contribution in [-0.4, -0.2) is 35.3 Å². The van der Waals surface area contributed by atoms with Gasteiger partial charge in [-0.1, -0.05) is 79.4 Å². The second-order valence-corrected chi connectivity index (χ2v) is 8.83. The van der Waals surface area contributed by atoms with Gasteiger partial charge in [0, 0.05) is 19.0 Å². The molecule has 0 heterocycles. The van der Waals surface area contributed by atoms with Gasteiger partial charge in [-0.2, -0.15) is 0 Å². The van der Waals surface area contributed by atoms with Crippen molar-refractivity contribution in [1.82, 2.24) is 10.2 Å². The molecular formula is C27H36N2O2. The van der Waals surface area contributed by atoms with Crippen LogP contribution in [-0.2, 0) is 22.4 Å². The first kappa shape index (κ1) is 23.1. The van der Waals surface area contributed by atoms with Crippen LogP contribution in [0.1, 0.15) is 62.1 Å². The van der Waals surface area contributed by atoms with Gasteiger partial charge in [-0.15, -0.1) is 0 Å². The maximum atomic E-state index is 13.2. The van der Waals surface area contributed by atoms with E-state index in [4.69, 9.17) is 0 Å². The predicted molar refractivity (Wildman–Crippen MR) is 126 cm³/mol. The van der Waals surface area contributed by atoms with Crippen molar-refractivity contribution in [1.29, 1.82) is 0 Å². The van der Waals surface area contributed by atoms with E-state index in [1.165, 1.54) is 30.4 Å². The quantitative estimate of drug-likeness (QED) is 0.631. The van der Waals surface area contributed by atoms with Gasteiger partial charge >= 0.3 is 0 Å². The molecule has 2 aromatic carbocycles. The standard InChI is InChI=1S/C27H36N2O2/c1-21-13-15-24(16-14-21)17-18-26(30)29(20-19-23-9-5-3-6-10-23)22(2)27(31)28-25-11-7-4-8-12-25/h3,5-6,9-10,13-16,22,25H,4,7-8,11-12,17-20H2,1-2H3,(H,28,31)/t22-/m0/s1. The van der Waals surface area contributed by atoms with Gasteiger partial charge in [0.25, 0.3) is 0 Å². The maximum Gasteiger partial charge on any atom is 0.242 e. The molecule has 0 spiro atoms. The molecule has 4 heteroatoms. The first-order chi connectivity index (χ1) is 15.0. The normalized spacial score (nSPS) is 15.3. The summed E-state index contributed by atoms with van der Waals surface area (Å²) in [4.78, 5) is 27.9. The Morgan fingerprint density at radius 3 is 2.26 bits per heavy atom. The summed E-state index contributed by atoms with van der Waals surface area (Å²) in [7, 11) is 0. The topological polar surface area (TPSA) is 49.4 Å². The van der Waals surface area contributed by atoms with Gasteiger partial charge in [-0.05, 0) is 50.7 Å². The van der Waals surface area contributed by atoms with E-state index in [-0.39, 0.29) is 17.9 Å². The van der Waals surface area contributed by atoms with Crippen molar-refractivity contribution in [2.24, 2.45) is 0 Å². The molecule has 2 amide bonds. The highest BCUT2D eigenvalue weighted by atomic mass is 16.2. The minimum Gasteiger partial charge on any atom is -0.352 e. The molecule has 1 N–H and O–H groups in total. The number of nitrogens with zero attached hydrogens (tertiary/aromatic N) is 1. The number of hydrogen-bond acceptors (Lipinski definition) is 2. The van der Waals surface area contributed by atoms with E-state index in [2.05, 4.69) is 48.6 Å². The largest absolute Gasteiger partial charge is 0.352 e. The zero-order chi connectivity index (χ0) is 22.1. The van der Waals surface area contributed by atoms with Crippen molar-refractivity contribution in [3.8, 4) is 0 Å². The number of benzene rings is 2. The molecule has 0 bridgehead atoms. The van der Waals surface area contributed by atoms with E-state index in [9.17, 15) is 9.59 Å². The number of rotatable bonds is 9. The summed E-state index contributed by atoms with van der Waals surface area (Å²) < 4.78 is 0. The second-order valence-electron chi connectivity index (χ2n) is 8.83. The van der Waals surface area contributed by atoms with Gasteiger partial charge in [0.05, 0.1) is 0 Å². The number of nitrogens with one attached hydrogen (secondary N) is 1. The van der Waals surface area contributed by atoms with E-state index < -0.39 is 6.04 Å². The Balaban J connectivity index is 1.63. The molecule has 0 aliphatic heterocycles. The summed E-state index contributed by atoms with van der Waals surface area (Å²) in [5.74, 6) is 0.0199. The van der Waals surface area contributed by atoms with Crippen molar-refractivity contribution < 1.29 is 9.59 Å². The van der Waals surface area contributed by atoms with E-state index in [0.717, 1.165) is 24.8 Å². The van der Waals surface area contributed by atoms with E-state index in [1.54, 1.807) is 4.90 Å². The summed E-state index contributed by atoms with van der Waals surface area (Å²) in [6, 6.07) is 18.3. The van der Waals surface area contributed by atoms with Crippen molar-refractivity contribution in [2.75, 3.05) is 6.54 Å². The lowest BCUT2D eigenvalue weighted by Gasteiger charge is -2.31. The number of amides is 2. The number of carbonyl (C=O) groups is 2. The second kappa shape index (κ2) is 11.7. The van der Waals surface area contributed by atoms with Crippen molar-refractivity contribution in [2.45, 2.75) is 77.3 Å². The zero-order valence-electron chi connectivity index (χ0n) is 19.0. The molecule has 0 saturated heterocycles. The molecule has 1 atom stereocenters. The Morgan fingerprint density at radius 2 is 1.58 bits per heavy atom. The third-order valence-corrected chi connectivity index (χ3v) is 6.35. The molecule has 1 aliphatic carbocycles. The molecule has 1 fully saturated rings. The summed E-state index contributed by atoms with van der Waals surface area (Å²) in [6.45, 7) is 4.48. The van der Waals surface area contributed by atoms with Crippen LogP contribution < -0.4 is 5.32 Å². The van der Waals surface area contributed by atoms with Crippen molar-refractivity contribution in [3.63, 3.8) is 0 Å². The summed E-state index contributed by atoms with van der Waals surface area (Å²) in [5.41, 5.74) is 3.55. The molecule has 31 heavy (non-hydrogen) atoms. The highest BCUT2D eigenvalue weighted by Crippen LogP contribution is 2.18. The van der Waals surface area contributed by atoms with E-state index in [1.807, 2.05) is 25.1 Å². The number of aryl methyl sites for hydroxylation is 2. The average Bonchev–Trinajstić information content (AvgIpc) is 2.80. The fourth-order valence-electron chi connectivity index (χ4n) is 4.29. The lowest BCUT2D eigenvalue weighted by atomic mass is 9.95. The fraction of sp³-hybridized carbons (Fsp3) is 0.481. The molecule has 2 aromatic rings. The molecule has 0 unspecified atom stereocenters. The highest BCUT2D eigenvalue weighted by Gasteiger charge is 2.27. The van der Waals surface area contributed by atoms with E-state index in [0.29, 0.717) is 19.4 Å². The monoisotopic (exact) mass is 420 g/mol. The Labute approximate surface area is 187 Å². The Bertz CT molecular complexity index is 826. The van der Waals surface area contributed by atoms with Gasteiger partial charge in [0.15, 0.2) is 0 Å². The molecule has 1 aliphatic rings. The Morgan fingerprint density at radius 1 is 0.935 bits per heavy atom. The van der Waals surface area contributed by atoms with Crippen LogP contribution in [0, 0.1) is 6.92 Å². The van der Waals surface area contributed by atoms with Crippen LogP contribution in [0.3, 0.4) is 0 Å². The Hall–Kier alpha value is -2.62. The smallest absolute Gasteiger partial charge is 0.242 e. The van der Waals surface area contributed by atoms with Gasteiger partial charge in [-0.25, -0.2) is 0 Å². The Kier molecular flexibility index (Phi) is 8.69. The van der Waals surface area contributed by atoms with Crippen LogP contribution in [0.15, 0.2) is 54.6 Å². The summed E-state index contributed by atoms with van der Waals surface area (Å²) in [5, 5.41) is 3.20. The zero-order valence-corrected chi connectivity index (χ0v) is 19.0. The van der Waals surface area contributed by atoms with Gasteiger partial charge in [0.2, 0.25) is 11.8 Å². The molecular weight excluding hydrogens is 384 g/mol. The van der Waals surface area contributed by atoms with Gasteiger partial charge in [-0.3, -0.25) is 9.59 Å². The molecule has 1 saturated carbocycles. The summed E-state index contributed by atoms with van der Waals surface area (Å²) >= 11 is 0. The number of carbonyl (C=O) groups excluding carboxylic acids is 2. The van der Waals surface area contributed by atoms with Crippen LogP contribution in [0.25, 0.3) is 0 Å². The van der Waals surface area contributed by atoms with Gasteiger partial charge < -0.3 is 10.2 Å². The SMILES string of the molecule is Cc1ccc(CCC(=O)N(CCc2ccccc2)[C@@H](C)C(=O)NC2CCCCC2)cc1. The summed E-state index contributed by atoms with van der Waals surface area (Å²) in [6.07, 6.45) is 7.55. The third-order valence-electron chi connectivity index (χ3n) is 6.35. The van der Waals surface area contributed by atoms with Crippen LogP contribution >= 0.6 is 0 Å². The van der Waals surface area contributed by atoms with Crippen molar-refractivity contribution in [3.05, 3.63) is 71.3 Å². The fourth-order valence-corrected chi connectivity index (χ4v) is 4.29. The lowest BCUT2D eigenvalue weighted by Crippen LogP contribution is -2.51. The maximum absolute atomic E-state index is 13.2. The molecule has 0 aromatic heterocycles. The lowest BCUT2D eigenvalue weighted by molar-refractivity contribution is -0.140.